The van der Waals surface area contributed by atoms with Gasteiger partial charge in [-0.05, 0) is 19.1 Å². The SMILES string of the molecule is Cc1ccc(S(=O)(=O)OC2C(O)COCC2O)cc1. The van der Waals surface area contributed by atoms with Gasteiger partial charge in [0, 0.05) is 0 Å². The largest absolute Gasteiger partial charge is 0.388 e. The van der Waals surface area contributed by atoms with Gasteiger partial charge in [0.1, 0.15) is 18.3 Å². The highest BCUT2D eigenvalue weighted by atomic mass is 32.2. The second-order valence-electron chi connectivity index (χ2n) is 4.50. The molecule has 1 aliphatic heterocycles. The van der Waals surface area contributed by atoms with Crippen LogP contribution in [0.4, 0.5) is 0 Å². The zero-order valence-electron chi connectivity index (χ0n) is 10.4. The Morgan fingerprint density at radius 2 is 1.68 bits per heavy atom. The second-order valence-corrected chi connectivity index (χ2v) is 6.07. The average Bonchev–Trinajstić information content (AvgIpc) is 2.35. The van der Waals surface area contributed by atoms with E-state index in [1.165, 1.54) is 12.1 Å². The molecule has 2 N–H and O–H groups in total. The molecule has 1 heterocycles. The van der Waals surface area contributed by atoms with Gasteiger partial charge in [-0.1, -0.05) is 17.7 Å². The topological polar surface area (TPSA) is 93.1 Å². The van der Waals surface area contributed by atoms with E-state index in [1.54, 1.807) is 12.1 Å². The fraction of sp³-hybridized carbons (Fsp3) is 0.500. The number of benzene rings is 1. The van der Waals surface area contributed by atoms with Crippen LogP contribution >= 0.6 is 0 Å². The smallest absolute Gasteiger partial charge is 0.297 e. The van der Waals surface area contributed by atoms with Crippen molar-refractivity contribution < 1.29 is 27.6 Å². The molecule has 0 bridgehead atoms. The summed E-state index contributed by atoms with van der Waals surface area (Å²) in [4.78, 5) is -0.0102. The molecule has 1 aromatic rings. The maximum Gasteiger partial charge on any atom is 0.297 e. The van der Waals surface area contributed by atoms with E-state index < -0.39 is 28.4 Å². The minimum Gasteiger partial charge on any atom is -0.388 e. The Balaban J connectivity index is 2.18. The van der Waals surface area contributed by atoms with E-state index in [9.17, 15) is 18.6 Å². The van der Waals surface area contributed by atoms with Crippen LogP contribution in [0.5, 0.6) is 0 Å². The third kappa shape index (κ3) is 3.31. The van der Waals surface area contributed by atoms with Crippen molar-refractivity contribution in [3.05, 3.63) is 29.8 Å². The van der Waals surface area contributed by atoms with Crippen molar-refractivity contribution in [1.29, 1.82) is 0 Å². The van der Waals surface area contributed by atoms with Gasteiger partial charge in [0.2, 0.25) is 0 Å². The second kappa shape index (κ2) is 5.56. The molecule has 1 saturated heterocycles. The Kier molecular flexibility index (Phi) is 4.22. The van der Waals surface area contributed by atoms with Gasteiger partial charge in [-0.3, -0.25) is 4.18 Å². The van der Waals surface area contributed by atoms with Crippen LogP contribution in [0.2, 0.25) is 0 Å². The van der Waals surface area contributed by atoms with Crippen LogP contribution in [0.1, 0.15) is 5.56 Å². The lowest BCUT2D eigenvalue weighted by molar-refractivity contribution is -0.139. The van der Waals surface area contributed by atoms with E-state index in [4.69, 9.17) is 8.92 Å². The molecule has 19 heavy (non-hydrogen) atoms. The summed E-state index contributed by atoms with van der Waals surface area (Å²) >= 11 is 0. The average molecular weight is 288 g/mol. The van der Waals surface area contributed by atoms with Crippen LogP contribution in [-0.4, -0.2) is 50.2 Å². The molecule has 2 unspecified atom stereocenters. The fourth-order valence-corrected chi connectivity index (χ4v) is 2.92. The third-order valence-corrected chi connectivity index (χ3v) is 4.21. The fourth-order valence-electron chi connectivity index (χ4n) is 1.79. The molecular formula is C12H16O6S. The molecule has 1 fully saturated rings. The number of hydrogen-bond donors (Lipinski definition) is 2. The van der Waals surface area contributed by atoms with Crippen molar-refractivity contribution in [3.8, 4) is 0 Å². The van der Waals surface area contributed by atoms with Crippen LogP contribution in [0.3, 0.4) is 0 Å². The highest BCUT2D eigenvalue weighted by molar-refractivity contribution is 7.86. The molecule has 2 rings (SSSR count). The first-order valence-electron chi connectivity index (χ1n) is 5.84. The lowest BCUT2D eigenvalue weighted by Crippen LogP contribution is -2.49. The summed E-state index contributed by atoms with van der Waals surface area (Å²) in [6, 6.07) is 6.13. The van der Waals surface area contributed by atoms with Crippen LogP contribution in [0, 0.1) is 6.92 Å². The molecule has 0 aromatic heterocycles. The number of aliphatic hydroxyl groups is 2. The van der Waals surface area contributed by atoms with Crippen molar-refractivity contribution in [2.45, 2.75) is 30.1 Å². The van der Waals surface area contributed by atoms with Gasteiger partial charge in [0.15, 0.2) is 0 Å². The van der Waals surface area contributed by atoms with E-state index in [2.05, 4.69) is 0 Å². The lowest BCUT2D eigenvalue weighted by atomic mass is 10.1. The summed E-state index contributed by atoms with van der Waals surface area (Å²) in [5, 5.41) is 19.2. The first kappa shape index (κ1) is 14.4. The quantitative estimate of drug-likeness (QED) is 0.750. The molecule has 106 valence electrons. The molecule has 0 aliphatic carbocycles. The summed E-state index contributed by atoms with van der Waals surface area (Å²) in [6.07, 6.45) is -3.56. The first-order valence-corrected chi connectivity index (χ1v) is 7.25. The van der Waals surface area contributed by atoms with Gasteiger partial charge in [0.25, 0.3) is 10.1 Å². The number of ether oxygens (including phenoxy) is 1. The van der Waals surface area contributed by atoms with Crippen molar-refractivity contribution >= 4 is 10.1 Å². The summed E-state index contributed by atoms with van der Waals surface area (Å²) in [6.45, 7) is 1.71. The van der Waals surface area contributed by atoms with Crippen molar-refractivity contribution in [2.75, 3.05) is 13.2 Å². The molecule has 7 heteroatoms. The van der Waals surface area contributed by atoms with E-state index >= 15 is 0 Å². The molecule has 1 aliphatic rings. The Bertz CT molecular complexity index is 514. The Labute approximate surface area is 111 Å². The number of aryl methyl sites for hydroxylation is 1. The van der Waals surface area contributed by atoms with Crippen LogP contribution < -0.4 is 0 Å². The number of rotatable bonds is 3. The van der Waals surface area contributed by atoms with Crippen LogP contribution in [-0.2, 0) is 19.0 Å². The van der Waals surface area contributed by atoms with Crippen LogP contribution in [0.15, 0.2) is 29.2 Å². The standard InChI is InChI=1S/C12H16O6S/c1-8-2-4-9(5-3-8)19(15,16)18-12-10(13)6-17-7-11(12)14/h2-5,10-14H,6-7H2,1H3. The summed E-state index contributed by atoms with van der Waals surface area (Å²) in [7, 11) is -4.02. The molecule has 0 amide bonds. The van der Waals surface area contributed by atoms with Crippen molar-refractivity contribution in [3.63, 3.8) is 0 Å². The van der Waals surface area contributed by atoms with E-state index in [0.717, 1.165) is 5.56 Å². The van der Waals surface area contributed by atoms with Gasteiger partial charge < -0.3 is 14.9 Å². The minimum atomic E-state index is -4.02. The predicted molar refractivity (Wildman–Crippen MR) is 66.1 cm³/mol. The van der Waals surface area contributed by atoms with Crippen LogP contribution in [0.25, 0.3) is 0 Å². The van der Waals surface area contributed by atoms with E-state index in [1.807, 2.05) is 6.92 Å². The van der Waals surface area contributed by atoms with Gasteiger partial charge in [-0.2, -0.15) is 8.42 Å². The van der Waals surface area contributed by atoms with Crippen molar-refractivity contribution in [1.82, 2.24) is 0 Å². The molecular weight excluding hydrogens is 272 g/mol. The van der Waals surface area contributed by atoms with Gasteiger partial charge in [0.05, 0.1) is 18.1 Å². The lowest BCUT2D eigenvalue weighted by Gasteiger charge is -2.31. The molecule has 6 nitrogen and oxygen atoms in total. The molecule has 0 spiro atoms. The summed E-state index contributed by atoms with van der Waals surface area (Å²) in [5.74, 6) is 0. The maximum absolute atomic E-state index is 12.0. The van der Waals surface area contributed by atoms with Gasteiger partial charge in [-0.25, -0.2) is 0 Å². The monoisotopic (exact) mass is 288 g/mol. The van der Waals surface area contributed by atoms with Gasteiger partial charge >= 0.3 is 0 Å². The highest BCUT2D eigenvalue weighted by Crippen LogP contribution is 2.20. The molecule has 0 radical (unpaired) electrons. The summed E-state index contributed by atoms with van der Waals surface area (Å²) in [5.41, 5.74) is 0.921. The zero-order chi connectivity index (χ0) is 14.0. The number of hydrogen-bond acceptors (Lipinski definition) is 6. The third-order valence-electron chi connectivity index (χ3n) is 2.88. The maximum atomic E-state index is 12.0. The molecule has 2 atom stereocenters. The Morgan fingerprint density at radius 3 is 2.21 bits per heavy atom. The normalized spacial score (nSPS) is 28.3. The predicted octanol–water partition coefficient (Wildman–Crippen LogP) is -0.179. The van der Waals surface area contributed by atoms with E-state index in [-0.39, 0.29) is 18.1 Å². The molecule has 0 saturated carbocycles. The first-order chi connectivity index (χ1) is 8.90. The summed E-state index contributed by atoms with van der Waals surface area (Å²) < 4.78 is 33.8. The zero-order valence-corrected chi connectivity index (χ0v) is 11.2. The highest BCUT2D eigenvalue weighted by Gasteiger charge is 2.36. The Morgan fingerprint density at radius 1 is 1.16 bits per heavy atom. The minimum absolute atomic E-state index is 0.0102. The molecule has 1 aromatic carbocycles. The van der Waals surface area contributed by atoms with E-state index in [0.29, 0.717) is 0 Å². The van der Waals surface area contributed by atoms with Crippen molar-refractivity contribution in [2.24, 2.45) is 0 Å². The Hall–Kier alpha value is -0.990. The number of aliphatic hydroxyl groups excluding tert-OH is 2. The van der Waals surface area contributed by atoms with Gasteiger partial charge in [-0.15, -0.1) is 0 Å².